The maximum Gasteiger partial charge on any atom is 0.338 e. The van der Waals surface area contributed by atoms with Gasteiger partial charge in [0, 0.05) is 5.69 Å². The summed E-state index contributed by atoms with van der Waals surface area (Å²) in [6.07, 6.45) is 1.71. The van der Waals surface area contributed by atoms with Crippen LogP contribution in [0.4, 0.5) is 5.69 Å². The number of carbonyl (C=O) groups is 3. The first-order chi connectivity index (χ1) is 14.8. The molecule has 0 saturated heterocycles. The average Bonchev–Trinajstić information content (AvgIpc) is 2.78. The van der Waals surface area contributed by atoms with Gasteiger partial charge in [-0.25, -0.2) is 22.7 Å². The second-order valence-electron chi connectivity index (χ2n) is 6.43. The molecule has 2 aromatic rings. The van der Waals surface area contributed by atoms with Crippen LogP contribution in [0.5, 0.6) is 0 Å². The smallest absolute Gasteiger partial charge is 0.338 e. The maximum atomic E-state index is 12.1. The predicted octanol–water partition coefficient (Wildman–Crippen LogP) is 2.35. The molecule has 0 unspecified atom stereocenters. The second kappa shape index (κ2) is 11.2. The van der Waals surface area contributed by atoms with E-state index in [4.69, 9.17) is 9.47 Å². The van der Waals surface area contributed by atoms with Crippen LogP contribution in [-0.4, -0.2) is 46.5 Å². The molecule has 0 fully saturated rings. The average molecular weight is 448 g/mol. The lowest BCUT2D eigenvalue weighted by atomic mass is 10.2. The summed E-state index contributed by atoms with van der Waals surface area (Å²) < 4.78 is 35.8. The Hall–Kier alpha value is -3.24. The summed E-state index contributed by atoms with van der Waals surface area (Å²) in [6, 6.07) is 11.4. The van der Waals surface area contributed by atoms with Crippen molar-refractivity contribution in [3.05, 3.63) is 59.7 Å². The lowest BCUT2D eigenvalue weighted by Crippen LogP contribution is -2.22. The number of unbranched alkanes of at least 4 members (excludes halogenated alkanes) is 1. The van der Waals surface area contributed by atoms with Crippen molar-refractivity contribution in [1.29, 1.82) is 0 Å². The Morgan fingerprint density at radius 1 is 0.935 bits per heavy atom. The quantitative estimate of drug-likeness (QED) is 0.422. The van der Waals surface area contributed by atoms with Crippen molar-refractivity contribution < 1.29 is 32.3 Å². The molecular formula is C21H24N2O7S. The summed E-state index contributed by atoms with van der Waals surface area (Å²) in [4.78, 5) is 35.9. The van der Waals surface area contributed by atoms with Crippen molar-refractivity contribution in [2.24, 2.45) is 0 Å². The zero-order chi connectivity index (χ0) is 22.9. The summed E-state index contributed by atoms with van der Waals surface area (Å²) >= 11 is 0. The van der Waals surface area contributed by atoms with Crippen LogP contribution in [0.25, 0.3) is 0 Å². The first-order valence-electron chi connectivity index (χ1n) is 9.54. The Bertz CT molecular complexity index is 1030. The fourth-order valence-corrected chi connectivity index (χ4v) is 3.18. The minimum absolute atomic E-state index is 0.00457. The van der Waals surface area contributed by atoms with E-state index < -0.39 is 34.5 Å². The maximum absolute atomic E-state index is 12.1. The zero-order valence-electron chi connectivity index (χ0n) is 17.2. The predicted molar refractivity (Wildman–Crippen MR) is 113 cm³/mol. The lowest BCUT2D eigenvalue weighted by Gasteiger charge is -2.09. The molecule has 0 spiro atoms. The Morgan fingerprint density at radius 3 is 2.26 bits per heavy atom. The largest absolute Gasteiger partial charge is 0.462 e. The number of amides is 1. The third-order valence-electron chi connectivity index (χ3n) is 4.12. The topological polar surface area (TPSA) is 128 Å². The molecule has 0 aromatic heterocycles. The minimum atomic E-state index is -3.71. The van der Waals surface area contributed by atoms with Gasteiger partial charge in [-0.1, -0.05) is 19.4 Å². The third-order valence-corrected chi connectivity index (χ3v) is 5.53. The first kappa shape index (κ1) is 24.0. The van der Waals surface area contributed by atoms with Gasteiger partial charge in [0.1, 0.15) is 0 Å². The van der Waals surface area contributed by atoms with Crippen LogP contribution in [0, 0.1) is 0 Å². The fraction of sp³-hybridized carbons (Fsp3) is 0.286. The number of ether oxygens (including phenoxy) is 2. The normalized spacial score (nSPS) is 10.9. The highest BCUT2D eigenvalue weighted by atomic mass is 32.2. The molecule has 10 heteroatoms. The molecule has 0 bridgehead atoms. The summed E-state index contributed by atoms with van der Waals surface area (Å²) in [5.74, 6) is -1.87. The number of nitrogens with one attached hydrogen (secondary N) is 2. The highest BCUT2D eigenvalue weighted by molar-refractivity contribution is 7.89. The number of hydrogen-bond donors (Lipinski definition) is 2. The van der Waals surface area contributed by atoms with Crippen LogP contribution in [-0.2, 0) is 24.3 Å². The van der Waals surface area contributed by atoms with Crippen molar-refractivity contribution in [1.82, 2.24) is 4.72 Å². The van der Waals surface area contributed by atoms with E-state index in [0.29, 0.717) is 17.9 Å². The summed E-state index contributed by atoms with van der Waals surface area (Å²) in [6.45, 7) is 1.78. The number of hydrogen-bond acceptors (Lipinski definition) is 7. The number of sulfonamides is 1. The molecule has 166 valence electrons. The van der Waals surface area contributed by atoms with Gasteiger partial charge in [0.15, 0.2) is 6.61 Å². The second-order valence-corrected chi connectivity index (χ2v) is 8.31. The van der Waals surface area contributed by atoms with E-state index in [1.807, 2.05) is 6.92 Å². The molecule has 2 aromatic carbocycles. The number of esters is 2. The van der Waals surface area contributed by atoms with Gasteiger partial charge in [0.25, 0.3) is 5.91 Å². The van der Waals surface area contributed by atoms with Gasteiger partial charge >= 0.3 is 11.9 Å². The molecular weight excluding hydrogens is 424 g/mol. The van der Waals surface area contributed by atoms with E-state index in [1.165, 1.54) is 49.5 Å². The molecule has 31 heavy (non-hydrogen) atoms. The van der Waals surface area contributed by atoms with Crippen molar-refractivity contribution in [2.45, 2.75) is 24.7 Å². The number of anilines is 1. The number of rotatable bonds is 10. The van der Waals surface area contributed by atoms with E-state index in [-0.39, 0.29) is 10.5 Å². The van der Waals surface area contributed by atoms with Gasteiger partial charge in [0.2, 0.25) is 10.0 Å². The molecule has 9 nitrogen and oxygen atoms in total. The number of benzene rings is 2. The van der Waals surface area contributed by atoms with Crippen LogP contribution >= 0.6 is 0 Å². The van der Waals surface area contributed by atoms with Crippen molar-refractivity contribution in [2.75, 3.05) is 25.6 Å². The molecule has 2 rings (SSSR count). The van der Waals surface area contributed by atoms with Crippen LogP contribution in [0.2, 0.25) is 0 Å². The zero-order valence-corrected chi connectivity index (χ0v) is 18.0. The van der Waals surface area contributed by atoms with Gasteiger partial charge in [0.05, 0.1) is 22.6 Å². The molecule has 2 N–H and O–H groups in total. The molecule has 0 aliphatic carbocycles. The van der Waals surface area contributed by atoms with Gasteiger partial charge in [-0.2, -0.15) is 0 Å². The van der Waals surface area contributed by atoms with Crippen LogP contribution in [0.1, 0.15) is 40.5 Å². The SMILES string of the molecule is CCCCOC(=O)c1ccc(NC(=O)COC(=O)c2cccc(S(=O)(=O)NC)c2)cc1. The summed E-state index contributed by atoms with van der Waals surface area (Å²) in [5.41, 5.74) is 0.764. The molecule has 0 aliphatic rings. The monoisotopic (exact) mass is 448 g/mol. The molecule has 1 amide bonds. The molecule has 0 radical (unpaired) electrons. The van der Waals surface area contributed by atoms with Crippen molar-refractivity contribution in [3.8, 4) is 0 Å². The molecule has 0 heterocycles. The third kappa shape index (κ3) is 7.19. The van der Waals surface area contributed by atoms with Crippen molar-refractivity contribution >= 4 is 33.6 Å². The van der Waals surface area contributed by atoms with Gasteiger partial charge < -0.3 is 14.8 Å². The minimum Gasteiger partial charge on any atom is -0.462 e. The fourth-order valence-electron chi connectivity index (χ4n) is 2.40. The van der Waals surface area contributed by atoms with E-state index >= 15 is 0 Å². The first-order valence-corrected chi connectivity index (χ1v) is 11.0. The lowest BCUT2D eigenvalue weighted by molar-refractivity contribution is -0.119. The standard InChI is InChI=1S/C21H24N2O7S/c1-3-4-12-29-20(25)15-8-10-17(11-9-15)23-19(24)14-30-21(26)16-6-5-7-18(13-16)31(27,28)22-2/h5-11,13,22H,3-4,12,14H2,1-2H3,(H,23,24). The Balaban J connectivity index is 1.88. The summed E-state index contributed by atoms with van der Waals surface area (Å²) in [7, 11) is -2.46. The Morgan fingerprint density at radius 2 is 1.61 bits per heavy atom. The van der Waals surface area contributed by atoms with Gasteiger partial charge in [-0.05, 0) is 55.9 Å². The molecule has 0 saturated carbocycles. The summed E-state index contributed by atoms with van der Waals surface area (Å²) in [5, 5.41) is 2.54. The molecule has 0 atom stereocenters. The highest BCUT2D eigenvalue weighted by Crippen LogP contribution is 2.13. The van der Waals surface area contributed by atoms with Crippen LogP contribution in [0.3, 0.4) is 0 Å². The van der Waals surface area contributed by atoms with Crippen LogP contribution in [0.15, 0.2) is 53.4 Å². The molecule has 0 aliphatic heterocycles. The Labute approximate surface area is 180 Å². The van der Waals surface area contributed by atoms with E-state index in [2.05, 4.69) is 10.0 Å². The van der Waals surface area contributed by atoms with Gasteiger partial charge in [-0.3, -0.25) is 4.79 Å². The van der Waals surface area contributed by atoms with Crippen LogP contribution < -0.4 is 10.0 Å². The van der Waals surface area contributed by atoms with E-state index in [0.717, 1.165) is 18.9 Å². The number of carbonyl (C=O) groups excluding carboxylic acids is 3. The highest BCUT2D eigenvalue weighted by Gasteiger charge is 2.16. The van der Waals surface area contributed by atoms with Crippen molar-refractivity contribution in [3.63, 3.8) is 0 Å². The Kier molecular flexibility index (Phi) is 8.71. The van der Waals surface area contributed by atoms with E-state index in [1.54, 1.807) is 0 Å². The van der Waals surface area contributed by atoms with E-state index in [9.17, 15) is 22.8 Å². The van der Waals surface area contributed by atoms with Gasteiger partial charge in [-0.15, -0.1) is 0 Å².